The van der Waals surface area contributed by atoms with Crippen LogP contribution >= 0.6 is 0 Å². The number of amides is 1. The molecule has 2 rings (SSSR count). The lowest BCUT2D eigenvalue weighted by atomic mass is 9.85. The van der Waals surface area contributed by atoms with Crippen LogP contribution in [0.1, 0.15) is 39.2 Å². The Morgan fingerprint density at radius 2 is 1.86 bits per heavy atom. The maximum absolute atomic E-state index is 12.3. The average Bonchev–Trinajstić information content (AvgIpc) is 3.26. The molecule has 1 saturated carbocycles. The summed E-state index contributed by atoms with van der Waals surface area (Å²) in [5.41, 5.74) is 0.0516. The van der Waals surface area contributed by atoms with Gasteiger partial charge in [0.2, 0.25) is 5.91 Å². The molecule has 1 amide bonds. The summed E-state index contributed by atoms with van der Waals surface area (Å²) in [5.74, 6) is -0.899. The summed E-state index contributed by atoms with van der Waals surface area (Å²) in [6, 6.07) is 6.97. The van der Waals surface area contributed by atoms with Gasteiger partial charge in [-0.25, -0.2) is 0 Å². The highest BCUT2D eigenvalue weighted by molar-refractivity contribution is 5.97. The number of benzene rings is 1. The molecule has 120 valence electrons. The van der Waals surface area contributed by atoms with Gasteiger partial charge < -0.3 is 15.2 Å². The van der Waals surface area contributed by atoms with E-state index in [4.69, 9.17) is 4.74 Å². The van der Waals surface area contributed by atoms with E-state index in [1.54, 1.807) is 38.1 Å². The van der Waals surface area contributed by atoms with Gasteiger partial charge in [-0.3, -0.25) is 9.59 Å². The zero-order valence-electron chi connectivity index (χ0n) is 13.3. The van der Waals surface area contributed by atoms with E-state index in [1.807, 2.05) is 6.92 Å². The van der Waals surface area contributed by atoms with E-state index < -0.39 is 11.4 Å². The third kappa shape index (κ3) is 3.30. The minimum Gasteiger partial charge on any atom is -0.481 e. The minimum absolute atomic E-state index is 0.0220. The second-order valence-electron chi connectivity index (χ2n) is 6.38. The zero-order chi connectivity index (χ0) is 16.4. The van der Waals surface area contributed by atoms with E-state index >= 15 is 0 Å². The Bertz CT molecular complexity index is 559. The van der Waals surface area contributed by atoms with E-state index in [1.165, 1.54) is 0 Å². The van der Waals surface area contributed by atoms with Crippen LogP contribution in [0, 0.1) is 5.41 Å². The van der Waals surface area contributed by atoms with Crippen molar-refractivity contribution < 1.29 is 19.4 Å². The second kappa shape index (κ2) is 6.08. The topological polar surface area (TPSA) is 75.6 Å². The number of carboxylic acid groups (broad SMARTS) is 1. The molecule has 1 aliphatic carbocycles. The fourth-order valence-corrected chi connectivity index (χ4v) is 2.24. The molecule has 1 aromatic carbocycles. The molecule has 0 bridgehead atoms. The van der Waals surface area contributed by atoms with Crippen LogP contribution in [-0.2, 0) is 19.7 Å². The molecule has 0 radical (unpaired) electrons. The largest absolute Gasteiger partial charge is 0.481 e. The molecular weight excluding hydrogens is 282 g/mol. The lowest BCUT2D eigenvalue weighted by Gasteiger charge is -2.20. The van der Waals surface area contributed by atoms with E-state index in [9.17, 15) is 14.7 Å². The van der Waals surface area contributed by atoms with Gasteiger partial charge in [0.15, 0.2) is 0 Å². The Kier molecular flexibility index (Phi) is 4.56. The minimum atomic E-state index is -0.949. The van der Waals surface area contributed by atoms with Crippen molar-refractivity contribution in [1.82, 2.24) is 0 Å². The van der Waals surface area contributed by atoms with Gasteiger partial charge in [0.05, 0.1) is 17.4 Å². The number of carboxylic acids is 1. The smallest absolute Gasteiger partial charge is 0.313 e. The van der Waals surface area contributed by atoms with Crippen LogP contribution in [0.4, 0.5) is 5.69 Å². The second-order valence-corrected chi connectivity index (χ2v) is 6.38. The van der Waals surface area contributed by atoms with Crippen molar-refractivity contribution in [1.29, 1.82) is 0 Å². The van der Waals surface area contributed by atoms with Crippen molar-refractivity contribution in [3.63, 3.8) is 0 Å². The highest BCUT2D eigenvalue weighted by Crippen LogP contribution is 2.46. The Balaban J connectivity index is 2.03. The van der Waals surface area contributed by atoms with Crippen LogP contribution in [0.15, 0.2) is 24.3 Å². The molecule has 0 aromatic heterocycles. The predicted molar refractivity (Wildman–Crippen MR) is 83.9 cm³/mol. The van der Waals surface area contributed by atoms with Crippen molar-refractivity contribution in [2.24, 2.45) is 5.41 Å². The number of carbonyl (C=O) groups excluding carboxylic acids is 1. The SMILES string of the molecule is CCOCC1(C(=O)Nc2ccc(C(C)(C)C(=O)O)cc2)CC1. The normalized spacial score (nSPS) is 16.1. The number of aliphatic carboxylic acids is 1. The zero-order valence-corrected chi connectivity index (χ0v) is 13.3. The van der Waals surface area contributed by atoms with Crippen molar-refractivity contribution in [2.75, 3.05) is 18.5 Å². The summed E-state index contributed by atoms with van der Waals surface area (Å²) in [4.78, 5) is 23.5. The molecule has 0 saturated heterocycles. The van der Waals surface area contributed by atoms with Crippen LogP contribution in [-0.4, -0.2) is 30.2 Å². The van der Waals surface area contributed by atoms with Crippen molar-refractivity contribution in [2.45, 2.75) is 39.0 Å². The number of rotatable bonds is 7. The third-order valence-corrected chi connectivity index (χ3v) is 4.32. The molecule has 22 heavy (non-hydrogen) atoms. The molecule has 5 heteroatoms. The molecule has 0 heterocycles. The Morgan fingerprint density at radius 3 is 2.32 bits per heavy atom. The van der Waals surface area contributed by atoms with E-state index in [2.05, 4.69) is 5.32 Å². The third-order valence-electron chi connectivity index (χ3n) is 4.32. The highest BCUT2D eigenvalue weighted by Gasteiger charge is 2.50. The number of anilines is 1. The monoisotopic (exact) mass is 305 g/mol. The number of nitrogens with one attached hydrogen (secondary N) is 1. The van der Waals surface area contributed by atoms with Gasteiger partial charge in [0.25, 0.3) is 0 Å². The maximum Gasteiger partial charge on any atom is 0.313 e. The molecule has 1 fully saturated rings. The van der Waals surface area contributed by atoms with Crippen LogP contribution in [0.25, 0.3) is 0 Å². The summed E-state index contributed by atoms with van der Waals surface area (Å²) in [5, 5.41) is 12.1. The van der Waals surface area contributed by atoms with Crippen LogP contribution in [0.2, 0.25) is 0 Å². The summed E-state index contributed by atoms with van der Waals surface area (Å²) in [7, 11) is 0. The number of hydrogen-bond acceptors (Lipinski definition) is 3. The maximum atomic E-state index is 12.3. The van der Waals surface area contributed by atoms with Gasteiger partial charge in [-0.1, -0.05) is 12.1 Å². The van der Waals surface area contributed by atoms with Gasteiger partial charge >= 0.3 is 5.97 Å². The lowest BCUT2D eigenvalue weighted by Crippen LogP contribution is -2.29. The average molecular weight is 305 g/mol. The Morgan fingerprint density at radius 1 is 1.27 bits per heavy atom. The van der Waals surface area contributed by atoms with Gasteiger partial charge in [-0.05, 0) is 51.3 Å². The number of ether oxygens (including phenoxy) is 1. The van der Waals surface area contributed by atoms with E-state index in [-0.39, 0.29) is 11.3 Å². The quantitative estimate of drug-likeness (QED) is 0.812. The fourth-order valence-electron chi connectivity index (χ4n) is 2.24. The molecule has 0 atom stereocenters. The Labute approximate surface area is 130 Å². The molecule has 5 nitrogen and oxygen atoms in total. The summed E-state index contributed by atoms with van der Waals surface area (Å²) in [6.45, 7) is 6.29. The lowest BCUT2D eigenvalue weighted by molar-refractivity contribution is -0.142. The molecular formula is C17H23NO4. The molecule has 2 N–H and O–H groups in total. The van der Waals surface area contributed by atoms with Crippen molar-refractivity contribution >= 4 is 17.6 Å². The van der Waals surface area contributed by atoms with Crippen LogP contribution in [0.3, 0.4) is 0 Å². The summed E-state index contributed by atoms with van der Waals surface area (Å²) >= 11 is 0. The first-order valence-corrected chi connectivity index (χ1v) is 7.55. The highest BCUT2D eigenvalue weighted by atomic mass is 16.5. The first-order valence-electron chi connectivity index (χ1n) is 7.55. The van der Waals surface area contributed by atoms with Gasteiger partial charge in [-0.2, -0.15) is 0 Å². The van der Waals surface area contributed by atoms with E-state index in [0.29, 0.717) is 24.5 Å². The number of carbonyl (C=O) groups is 2. The van der Waals surface area contributed by atoms with Crippen molar-refractivity contribution in [3.05, 3.63) is 29.8 Å². The van der Waals surface area contributed by atoms with Crippen LogP contribution < -0.4 is 5.32 Å². The van der Waals surface area contributed by atoms with Gasteiger partial charge in [0, 0.05) is 12.3 Å². The van der Waals surface area contributed by atoms with E-state index in [0.717, 1.165) is 12.8 Å². The predicted octanol–water partition coefficient (Wildman–Crippen LogP) is 2.80. The first-order chi connectivity index (χ1) is 10.3. The van der Waals surface area contributed by atoms with Crippen LogP contribution in [0.5, 0.6) is 0 Å². The van der Waals surface area contributed by atoms with Crippen molar-refractivity contribution in [3.8, 4) is 0 Å². The fraction of sp³-hybridized carbons (Fsp3) is 0.529. The van der Waals surface area contributed by atoms with Gasteiger partial charge in [-0.15, -0.1) is 0 Å². The molecule has 1 aliphatic rings. The van der Waals surface area contributed by atoms with Gasteiger partial charge in [0.1, 0.15) is 0 Å². The molecule has 0 spiro atoms. The first kappa shape index (κ1) is 16.5. The number of hydrogen-bond donors (Lipinski definition) is 2. The standard InChI is InChI=1S/C17H23NO4/c1-4-22-11-17(9-10-17)14(19)18-13-7-5-12(6-8-13)16(2,3)15(20)21/h5-8H,4,9-11H2,1-3H3,(H,18,19)(H,20,21). The Hall–Kier alpha value is -1.88. The summed E-state index contributed by atoms with van der Waals surface area (Å²) < 4.78 is 5.38. The molecule has 1 aromatic rings. The summed E-state index contributed by atoms with van der Waals surface area (Å²) in [6.07, 6.45) is 1.70. The molecule has 0 unspecified atom stereocenters. The molecule has 0 aliphatic heterocycles.